The predicted octanol–water partition coefficient (Wildman–Crippen LogP) is 8.09. The van der Waals surface area contributed by atoms with Crippen molar-refractivity contribution in [2.75, 3.05) is 0 Å². The van der Waals surface area contributed by atoms with Crippen molar-refractivity contribution >= 4 is 0 Å². The van der Waals surface area contributed by atoms with Gasteiger partial charge < -0.3 is 0 Å². The Kier molecular flexibility index (Phi) is 9.85. The van der Waals surface area contributed by atoms with Crippen molar-refractivity contribution < 1.29 is 0 Å². The molecule has 0 radical (unpaired) electrons. The number of unbranched alkanes of at least 4 members (excludes halogenated alkanes) is 1. The molecule has 2 aliphatic carbocycles. The molecular weight excluding hydrogens is 288 g/mol. The molecule has 0 amide bonds. The van der Waals surface area contributed by atoms with Gasteiger partial charge in [0.2, 0.25) is 0 Å². The van der Waals surface area contributed by atoms with E-state index in [-0.39, 0.29) is 0 Å². The topological polar surface area (TPSA) is 0 Å². The highest BCUT2D eigenvalue weighted by atomic mass is 14.3. The average molecular weight is 331 g/mol. The van der Waals surface area contributed by atoms with Gasteiger partial charge in [-0.3, -0.25) is 0 Å². The second kappa shape index (κ2) is 11.9. The molecule has 0 N–H and O–H groups in total. The van der Waals surface area contributed by atoms with Gasteiger partial charge in [-0.25, -0.2) is 0 Å². The third kappa shape index (κ3) is 7.58. The van der Waals surface area contributed by atoms with Crippen LogP contribution in [-0.4, -0.2) is 0 Å². The lowest BCUT2D eigenvalue weighted by molar-refractivity contribution is 0.291. The van der Waals surface area contributed by atoms with Crippen LogP contribution in [0.5, 0.6) is 0 Å². The molecule has 2 saturated carbocycles. The lowest BCUT2D eigenvalue weighted by atomic mass is 9.79. The molecule has 0 aliphatic heterocycles. The minimum Gasteiger partial charge on any atom is -0.0883 e. The molecule has 0 saturated heterocycles. The molecule has 2 fully saturated rings. The van der Waals surface area contributed by atoms with E-state index in [4.69, 9.17) is 0 Å². The lowest BCUT2D eigenvalue weighted by Gasteiger charge is -2.27. The molecule has 0 heterocycles. The standard InChI is InChI=1S/C24H42/c1-3-5-6-10-22-17-19-24(20-18-22)12-8-7-11-23-15-13-21(9-4-2)14-16-23/h6-7,10-11,21-24H,3-5,8-9,12-20H2,1-2H3/t21-,22-,23-,24-. The molecule has 0 nitrogen and oxygen atoms in total. The van der Waals surface area contributed by atoms with Gasteiger partial charge in [0.15, 0.2) is 0 Å². The molecular formula is C24H42. The minimum absolute atomic E-state index is 0.890. The van der Waals surface area contributed by atoms with Gasteiger partial charge >= 0.3 is 0 Å². The van der Waals surface area contributed by atoms with E-state index in [2.05, 4.69) is 38.2 Å². The second-order valence-electron chi connectivity index (χ2n) is 8.57. The molecule has 0 spiro atoms. The molecule has 0 bridgehead atoms. The summed E-state index contributed by atoms with van der Waals surface area (Å²) in [7, 11) is 0. The third-order valence-corrected chi connectivity index (χ3v) is 6.49. The maximum absolute atomic E-state index is 2.57. The van der Waals surface area contributed by atoms with E-state index in [0.29, 0.717) is 0 Å². The Morgan fingerprint density at radius 3 is 1.58 bits per heavy atom. The number of rotatable bonds is 9. The first-order valence-corrected chi connectivity index (χ1v) is 11.1. The van der Waals surface area contributed by atoms with Crippen molar-refractivity contribution in [2.24, 2.45) is 23.7 Å². The highest BCUT2D eigenvalue weighted by molar-refractivity contribution is 4.93. The smallest absolute Gasteiger partial charge is 0.0233 e. The van der Waals surface area contributed by atoms with Crippen molar-refractivity contribution in [2.45, 2.75) is 104 Å². The molecule has 2 aliphatic rings. The number of hydrogen-bond acceptors (Lipinski definition) is 0. The van der Waals surface area contributed by atoms with Crippen LogP contribution in [-0.2, 0) is 0 Å². The zero-order valence-electron chi connectivity index (χ0n) is 16.5. The van der Waals surface area contributed by atoms with Crippen LogP contribution in [0.25, 0.3) is 0 Å². The zero-order chi connectivity index (χ0) is 17.0. The van der Waals surface area contributed by atoms with Crippen molar-refractivity contribution in [3.05, 3.63) is 24.3 Å². The fourth-order valence-corrected chi connectivity index (χ4v) is 4.82. The fraction of sp³-hybridized carbons (Fsp3) is 0.833. The Morgan fingerprint density at radius 1 is 0.583 bits per heavy atom. The minimum atomic E-state index is 0.890. The van der Waals surface area contributed by atoms with Crippen LogP contribution in [0.2, 0.25) is 0 Å². The number of allylic oxidation sites excluding steroid dienone is 4. The van der Waals surface area contributed by atoms with Crippen LogP contribution < -0.4 is 0 Å². The SMILES string of the molecule is CCCC=C[C@H]1CC[C@H](CCC=C[C@H]2CC[C@H](CCC)CC2)CC1. The third-order valence-electron chi connectivity index (χ3n) is 6.49. The van der Waals surface area contributed by atoms with Gasteiger partial charge in [0.25, 0.3) is 0 Å². The van der Waals surface area contributed by atoms with Gasteiger partial charge in [-0.2, -0.15) is 0 Å². The van der Waals surface area contributed by atoms with Crippen LogP contribution in [0.15, 0.2) is 24.3 Å². The Bertz CT molecular complexity index is 348. The first-order chi connectivity index (χ1) is 11.8. The van der Waals surface area contributed by atoms with E-state index in [9.17, 15) is 0 Å². The number of hydrogen-bond donors (Lipinski definition) is 0. The van der Waals surface area contributed by atoms with Crippen molar-refractivity contribution in [3.63, 3.8) is 0 Å². The maximum atomic E-state index is 2.57. The quantitative estimate of drug-likeness (QED) is 0.375. The molecule has 138 valence electrons. The second-order valence-corrected chi connectivity index (χ2v) is 8.57. The van der Waals surface area contributed by atoms with Crippen molar-refractivity contribution in [1.29, 1.82) is 0 Å². The van der Waals surface area contributed by atoms with Gasteiger partial charge in [-0.05, 0) is 94.3 Å². The van der Waals surface area contributed by atoms with Crippen LogP contribution >= 0.6 is 0 Å². The van der Waals surface area contributed by atoms with Crippen molar-refractivity contribution in [3.8, 4) is 0 Å². The molecule has 24 heavy (non-hydrogen) atoms. The zero-order valence-corrected chi connectivity index (χ0v) is 16.5. The molecule has 0 aromatic carbocycles. The molecule has 0 atom stereocenters. The molecule has 0 unspecified atom stereocenters. The first-order valence-electron chi connectivity index (χ1n) is 11.1. The van der Waals surface area contributed by atoms with Gasteiger partial charge in [-0.15, -0.1) is 0 Å². The first kappa shape index (κ1) is 19.8. The van der Waals surface area contributed by atoms with Crippen LogP contribution in [0.4, 0.5) is 0 Å². The van der Waals surface area contributed by atoms with E-state index >= 15 is 0 Å². The van der Waals surface area contributed by atoms with Gasteiger partial charge in [-0.1, -0.05) is 57.4 Å². The summed E-state index contributed by atoms with van der Waals surface area (Å²) < 4.78 is 0. The monoisotopic (exact) mass is 330 g/mol. The average Bonchev–Trinajstić information content (AvgIpc) is 2.62. The Morgan fingerprint density at radius 2 is 1.08 bits per heavy atom. The van der Waals surface area contributed by atoms with E-state index in [1.165, 1.54) is 89.9 Å². The maximum Gasteiger partial charge on any atom is -0.0233 e. The van der Waals surface area contributed by atoms with E-state index in [0.717, 1.165) is 23.7 Å². The van der Waals surface area contributed by atoms with Crippen LogP contribution in [0.1, 0.15) is 104 Å². The summed E-state index contributed by atoms with van der Waals surface area (Å²) in [4.78, 5) is 0. The molecule has 0 aromatic rings. The van der Waals surface area contributed by atoms with Gasteiger partial charge in [0.1, 0.15) is 0 Å². The highest BCUT2D eigenvalue weighted by Gasteiger charge is 2.20. The highest BCUT2D eigenvalue weighted by Crippen LogP contribution is 2.34. The van der Waals surface area contributed by atoms with E-state index < -0.39 is 0 Å². The Hall–Kier alpha value is -0.520. The summed E-state index contributed by atoms with van der Waals surface area (Å²) >= 11 is 0. The summed E-state index contributed by atoms with van der Waals surface area (Å²) in [5, 5.41) is 0. The Labute approximate surface area is 152 Å². The Balaban J connectivity index is 1.54. The molecule has 0 heteroatoms. The van der Waals surface area contributed by atoms with E-state index in [1.54, 1.807) is 0 Å². The normalized spacial score (nSPS) is 31.9. The summed E-state index contributed by atoms with van der Waals surface area (Å²) in [5.74, 6) is 3.84. The summed E-state index contributed by atoms with van der Waals surface area (Å²) in [6.07, 6.45) is 29.9. The fourth-order valence-electron chi connectivity index (χ4n) is 4.82. The summed E-state index contributed by atoms with van der Waals surface area (Å²) in [5.41, 5.74) is 0. The lowest BCUT2D eigenvalue weighted by Crippen LogP contribution is -2.13. The molecule has 2 rings (SSSR count). The summed E-state index contributed by atoms with van der Waals surface area (Å²) in [6, 6.07) is 0. The van der Waals surface area contributed by atoms with Gasteiger partial charge in [0.05, 0.1) is 0 Å². The summed E-state index contributed by atoms with van der Waals surface area (Å²) in [6.45, 7) is 4.60. The van der Waals surface area contributed by atoms with Gasteiger partial charge in [0, 0.05) is 0 Å². The van der Waals surface area contributed by atoms with Crippen LogP contribution in [0, 0.1) is 23.7 Å². The van der Waals surface area contributed by atoms with Crippen LogP contribution in [0.3, 0.4) is 0 Å². The van der Waals surface area contributed by atoms with Crippen molar-refractivity contribution in [1.82, 2.24) is 0 Å². The largest absolute Gasteiger partial charge is 0.0883 e. The molecule has 0 aromatic heterocycles. The van der Waals surface area contributed by atoms with E-state index in [1.807, 2.05) is 0 Å². The predicted molar refractivity (Wildman–Crippen MR) is 108 cm³/mol.